The molecular weight excluding hydrogens is 282 g/mol. The van der Waals surface area contributed by atoms with Gasteiger partial charge in [-0.1, -0.05) is 0 Å². The van der Waals surface area contributed by atoms with Crippen molar-refractivity contribution in [3.05, 3.63) is 45.6 Å². The van der Waals surface area contributed by atoms with E-state index in [9.17, 15) is 18.5 Å². The highest BCUT2D eigenvalue weighted by Crippen LogP contribution is 2.22. The zero-order chi connectivity index (χ0) is 15.3. The van der Waals surface area contributed by atoms with E-state index in [-0.39, 0.29) is 22.0 Å². The van der Waals surface area contributed by atoms with Gasteiger partial charge in [0.25, 0.3) is 5.69 Å². The topological polar surface area (TPSA) is 117 Å². The Hall–Kier alpha value is -2.22. The number of rotatable bonds is 5. The molecule has 0 bridgehead atoms. The minimum absolute atomic E-state index is 0.0453. The van der Waals surface area contributed by atoms with Crippen LogP contribution in [0.2, 0.25) is 0 Å². The van der Waals surface area contributed by atoms with E-state index in [1.807, 2.05) is 0 Å². The molecule has 108 valence electrons. The van der Waals surface area contributed by atoms with Crippen molar-refractivity contribution in [2.75, 3.05) is 12.8 Å². The van der Waals surface area contributed by atoms with Crippen LogP contribution in [0.25, 0.3) is 0 Å². The molecule has 1 aromatic rings. The summed E-state index contributed by atoms with van der Waals surface area (Å²) in [5.41, 5.74) is 5.97. The van der Waals surface area contributed by atoms with Crippen molar-refractivity contribution >= 4 is 21.7 Å². The van der Waals surface area contributed by atoms with Gasteiger partial charge in [0.1, 0.15) is 7.05 Å². The number of nitro groups is 1. The Labute approximate surface area is 116 Å². The predicted molar refractivity (Wildman–Crippen MR) is 75.1 cm³/mol. The third-order valence-electron chi connectivity index (χ3n) is 2.53. The number of non-ortho nitro benzene ring substituents is 1. The first-order valence-corrected chi connectivity index (χ1v) is 7.36. The van der Waals surface area contributed by atoms with E-state index in [0.717, 1.165) is 0 Å². The largest absolute Gasteiger partial charge is 0.401 e. The number of nitrogens with one attached hydrogen (secondary N) is 1. The van der Waals surface area contributed by atoms with Crippen LogP contribution in [-0.2, 0) is 9.84 Å². The average Bonchev–Trinajstić information content (AvgIpc) is 2.35. The van der Waals surface area contributed by atoms with Gasteiger partial charge in [0.15, 0.2) is 16.1 Å². The smallest absolute Gasteiger partial charge is 0.269 e. The van der Waals surface area contributed by atoms with E-state index in [2.05, 4.69) is 4.99 Å². The Morgan fingerprint density at radius 1 is 1.50 bits per heavy atom. The molecule has 0 aromatic heterocycles. The summed E-state index contributed by atoms with van der Waals surface area (Å²) in [5, 5.41) is 10.6. The van der Waals surface area contributed by atoms with E-state index in [4.69, 9.17) is 5.73 Å². The van der Waals surface area contributed by atoms with Gasteiger partial charge in [-0.05, 0) is 18.6 Å². The van der Waals surface area contributed by atoms with Crippen molar-refractivity contribution in [3.63, 3.8) is 0 Å². The molecule has 0 aliphatic heterocycles. The van der Waals surface area contributed by atoms with Crippen LogP contribution in [0.3, 0.4) is 0 Å². The van der Waals surface area contributed by atoms with Crippen LogP contribution in [0.15, 0.2) is 34.9 Å². The van der Waals surface area contributed by atoms with Gasteiger partial charge in [0, 0.05) is 23.9 Å². The fourth-order valence-corrected chi connectivity index (χ4v) is 3.15. The number of allylic oxidation sites excluding steroid dienone is 1. The predicted octanol–water partition coefficient (Wildman–Crippen LogP) is -0.699. The first kappa shape index (κ1) is 15.8. The molecule has 0 saturated carbocycles. The normalized spacial score (nSPS) is 12.8. The molecule has 0 aliphatic carbocycles. The number of nitrogens with zero attached hydrogens (tertiary/aromatic N) is 1. The van der Waals surface area contributed by atoms with Crippen molar-refractivity contribution in [1.82, 2.24) is 0 Å². The Kier molecular flexibility index (Phi) is 4.98. The second-order valence-electron chi connectivity index (χ2n) is 4.16. The molecule has 0 saturated heterocycles. The van der Waals surface area contributed by atoms with Crippen LogP contribution in [0.5, 0.6) is 0 Å². The molecule has 3 N–H and O–H groups in total. The molecule has 7 nitrogen and oxygen atoms in total. The van der Waals surface area contributed by atoms with Gasteiger partial charge in [-0.2, -0.15) is 0 Å². The monoisotopic (exact) mass is 298 g/mol. The third kappa shape index (κ3) is 3.89. The molecule has 0 fully saturated rings. The van der Waals surface area contributed by atoms with Crippen molar-refractivity contribution in [2.45, 2.75) is 11.8 Å². The fraction of sp³-hybridized carbons (Fsp3) is 0.250. The quantitative estimate of drug-likeness (QED) is 0.423. The Balaban J connectivity index is 3.14. The molecule has 0 aliphatic rings. The Morgan fingerprint density at radius 2 is 2.15 bits per heavy atom. The average molecular weight is 298 g/mol. The van der Waals surface area contributed by atoms with Crippen LogP contribution in [0.1, 0.15) is 5.56 Å². The lowest BCUT2D eigenvalue weighted by atomic mass is 10.2. The summed E-state index contributed by atoms with van der Waals surface area (Å²) in [5.74, 6) is -0.343. The minimum atomic E-state index is -3.63. The van der Waals surface area contributed by atoms with Crippen molar-refractivity contribution < 1.29 is 18.3 Å². The molecule has 0 atom stereocenters. The molecule has 1 rings (SSSR count). The van der Waals surface area contributed by atoms with Crippen molar-refractivity contribution in [2.24, 2.45) is 5.73 Å². The molecule has 8 heteroatoms. The third-order valence-corrected chi connectivity index (χ3v) is 4.37. The summed E-state index contributed by atoms with van der Waals surface area (Å²) in [6.45, 7) is 1.51. The van der Waals surface area contributed by atoms with Gasteiger partial charge in [-0.3, -0.25) is 15.1 Å². The lowest BCUT2D eigenvalue weighted by Crippen LogP contribution is -2.62. The van der Waals surface area contributed by atoms with Crippen LogP contribution in [0.4, 0.5) is 5.69 Å². The Bertz CT molecular complexity index is 678. The number of aryl methyl sites for hydroxylation is 1. The molecule has 1 aromatic carbocycles. The maximum Gasteiger partial charge on any atom is 0.269 e. The number of hydrogen-bond donors (Lipinski definition) is 2. The number of sulfone groups is 1. The molecule has 0 spiro atoms. The SMILES string of the molecule is C[NH+]=C/C=C(\N)CS(=O)(=O)c1ccc([N+](=O)[O-])cc1C. The maximum atomic E-state index is 12.2. The summed E-state index contributed by atoms with van der Waals surface area (Å²) in [4.78, 5) is 12.8. The van der Waals surface area contributed by atoms with Gasteiger partial charge in [0.2, 0.25) is 0 Å². The summed E-state index contributed by atoms with van der Waals surface area (Å²) >= 11 is 0. The van der Waals surface area contributed by atoms with Crippen LogP contribution < -0.4 is 10.7 Å². The lowest BCUT2D eigenvalue weighted by Gasteiger charge is -2.07. The van der Waals surface area contributed by atoms with Crippen molar-refractivity contribution in [3.8, 4) is 0 Å². The number of nitro benzene ring substituents is 1. The van der Waals surface area contributed by atoms with Crippen LogP contribution in [-0.4, -0.2) is 32.4 Å². The standard InChI is InChI=1S/C12H15N3O4S/c1-9-7-11(15(16)17)3-4-12(9)20(18,19)8-10(13)5-6-14-2/h3-7H,8,13H2,1-2H3/p+1/b10-5-,14-6?. The van der Waals surface area contributed by atoms with Gasteiger partial charge in [-0.25, -0.2) is 8.42 Å². The minimum Gasteiger partial charge on any atom is -0.401 e. The summed E-state index contributed by atoms with van der Waals surface area (Å²) in [7, 11) is -1.96. The van der Waals surface area contributed by atoms with Crippen molar-refractivity contribution in [1.29, 1.82) is 0 Å². The van der Waals surface area contributed by atoms with E-state index >= 15 is 0 Å². The highest BCUT2D eigenvalue weighted by atomic mass is 32.2. The first-order chi connectivity index (χ1) is 9.27. The molecule has 0 amide bonds. The summed E-state index contributed by atoms with van der Waals surface area (Å²) in [6, 6.07) is 3.63. The molecule has 0 radical (unpaired) electrons. The maximum absolute atomic E-state index is 12.2. The van der Waals surface area contributed by atoms with E-state index in [1.165, 1.54) is 37.4 Å². The number of benzene rings is 1. The van der Waals surface area contributed by atoms with Crippen LogP contribution >= 0.6 is 0 Å². The highest BCUT2D eigenvalue weighted by Gasteiger charge is 2.20. The van der Waals surface area contributed by atoms with Gasteiger partial charge in [0.05, 0.1) is 15.6 Å². The summed E-state index contributed by atoms with van der Waals surface area (Å²) < 4.78 is 24.4. The number of nitrogens with two attached hydrogens (primary N) is 1. The summed E-state index contributed by atoms with van der Waals surface area (Å²) in [6.07, 6.45) is 2.98. The molecule has 0 heterocycles. The zero-order valence-corrected chi connectivity index (χ0v) is 12.0. The van der Waals surface area contributed by atoms with Gasteiger partial charge >= 0.3 is 0 Å². The highest BCUT2D eigenvalue weighted by molar-refractivity contribution is 7.91. The molecule has 0 unspecified atom stereocenters. The van der Waals surface area contributed by atoms with E-state index in [0.29, 0.717) is 5.56 Å². The second-order valence-corrected chi connectivity index (χ2v) is 6.12. The number of hydrogen-bond acceptors (Lipinski definition) is 5. The first-order valence-electron chi connectivity index (χ1n) is 5.71. The van der Waals surface area contributed by atoms with Gasteiger partial charge in [-0.15, -0.1) is 0 Å². The fourth-order valence-electron chi connectivity index (χ4n) is 1.63. The molecule has 20 heavy (non-hydrogen) atoms. The van der Waals surface area contributed by atoms with Crippen LogP contribution in [0, 0.1) is 17.0 Å². The second kappa shape index (κ2) is 6.29. The zero-order valence-electron chi connectivity index (χ0n) is 11.2. The molecular formula is C12H16N3O4S+. The lowest BCUT2D eigenvalue weighted by molar-refractivity contribution is -0.413. The van der Waals surface area contributed by atoms with E-state index in [1.54, 1.807) is 7.05 Å². The Morgan fingerprint density at radius 3 is 2.65 bits per heavy atom. The van der Waals surface area contributed by atoms with E-state index < -0.39 is 14.8 Å². The van der Waals surface area contributed by atoms with Gasteiger partial charge < -0.3 is 5.73 Å².